The smallest absolute Gasteiger partial charge is 0.321 e. The monoisotopic (exact) mass is 495 g/mol. The number of benzene rings is 1. The summed E-state index contributed by atoms with van der Waals surface area (Å²) in [6.07, 6.45) is 1.13. The van der Waals surface area contributed by atoms with E-state index in [2.05, 4.69) is 15.3 Å². The fourth-order valence-electron chi connectivity index (χ4n) is 3.47. The molecule has 2 amide bonds. The SMILES string of the molecule is COCCN(C)C(=O)Nc1ccc(-c2nc(CS(C)(=O)=O)cc(N3CCOC[C@@H]3C)n2)cc1F. The Kier molecular flexibility index (Phi) is 8.39. The molecule has 186 valence electrons. The molecule has 1 aliphatic rings. The Morgan fingerprint density at radius 1 is 1.35 bits per heavy atom. The lowest BCUT2D eigenvalue weighted by atomic mass is 10.1. The molecule has 34 heavy (non-hydrogen) atoms. The Morgan fingerprint density at radius 2 is 2.12 bits per heavy atom. The maximum Gasteiger partial charge on any atom is 0.321 e. The van der Waals surface area contributed by atoms with Crippen molar-refractivity contribution in [2.75, 3.05) is 63.5 Å². The number of anilines is 2. The highest BCUT2D eigenvalue weighted by atomic mass is 32.2. The molecule has 0 spiro atoms. The van der Waals surface area contributed by atoms with Crippen molar-refractivity contribution in [3.8, 4) is 11.4 Å². The fourth-order valence-corrected chi connectivity index (χ4v) is 4.15. The number of carbonyl (C=O) groups excluding carboxylic acids is 1. The van der Waals surface area contributed by atoms with E-state index in [1.54, 1.807) is 19.2 Å². The van der Waals surface area contributed by atoms with Gasteiger partial charge in [-0.3, -0.25) is 0 Å². The summed E-state index contributed by atoms with van der Waals surface area (Å²) in [5, 5.41) is 2.52. The van der Waals surface area contributed by atoms with Gasteiger partial charge in [0.15, 0.2) is 15.7 Å². The van der Waals surface area contributed by atoms with Crippen LogP contribution in [0.2, 0.25) is 0 Å². The number of nitrogens with zero attached hydrogens (tertiary/aromatic N) is 4. The maximum atomic E-state index is 14.9. The summed E-state index contributed by atoms with van der Waals surface area (Å²) in [6.45, 7) is 4.32. The van der Waals surface area contributed by atoms with E-state index in [-0.39, 0.29) is 23.3 Å². The molecule has 2 aromatic rings. The van der Waals surface area contributed by atoms with Gasteiger partial charge < -0.3 is 24.6 Å². The van der Waals surface area contributed by atoms with Crippen LogP contribution < -0.4 is 10.2 Å². The van der Waals surface area contributed by atoms with Crippen molar-refractivity contribution < 1.29 is 27.1 Å². The number of hydrogen-bond donors (Lipinski definition) is 1. The Labute approximate surface area is 199 Å². The number of hydrogen-bond acceptors (Lipinski definition) is 8. The number of urea groups is 1. The summed E-state index contributed by atoms with van der Waals surface area (Å²) in [6, 6.07) is 5.44. The molecule has 0 saturated carbocycles. The summed E-state index contributed by atoms with van der Waals surface area (Å²) in [7, 11) is -0.240. The van der Waals surface area contributed by atoms with E-state index in [1.165, 1.54) is 24.1 Å². The number of ether oxygens (including phenoxy) is 2. The predicted molar refractivity (Wildman–Crippen MR) is 127 cm³/mol. The zero-order valence-corrected chi connectivity index (χ0v) is 20.6. The fraction of sp³-hybridized carbons (Fsp3) is 0.500. The minimum Gasteiger partial charge on any atom is -0.383 e. The number of halogens is 1. The van der Waals surface area contributed by atoms with Gasteiger partial charge in [-0.1, -0.05) is 0 Å². The number of methoxy groups -OCH3 is 1. The number of morpholine rings is 1. The van der Waals surface area contributed by atoms with Gasteiger partial charge in [-0.2, -0.15) is 0 Å². The van der Waals surface area contributed by atoms with Gasteiger partial charge in [-0.25, -0.2) is 27.6 Å². The molecule has 0 aliphatic carbocycles. The van der Waals surface area contributed by atoms with Crippen molar-refractivity contribution in [3.63, 3.8) is 0 Å². The van der Waals surface area contributed by atoms with Crippen LogP contribution in [0.15, 0.2) is 24.3 Å². The van der Waals surface area contributed by atoms with Crippen molar-refractivity contribution in [2.24, 2.45) is 0 Å². The molecule has 3 rings (SSSR count). The highest BCUT2D eigenvalue weighted by Gasteiger charge is 2.23. The molecule has 1 atom stereocenters. The molecule has 0 radical (unpaired) electrons. The number of amides is 2. The molecule has 1 aliphatic heterocycles. The highest BCUT2D eigenvalue weighted by Crippen LogP contribution is 2.26. The van der Waals surface area contributed by atoms with Crippen LogP contribution in [0, 0.1) is 5.82 Å². The summed E-state index contributed by atoms with van der Waals surface area (Å²) in [5.41, 5.74) is 0.687. The van der Waals surface area contributed by atoms with E-state index in [1.807, 2.05) is 11.8 Å². The average Bonchev–Trinajstić information content (AvgIpc) is 2.77. The lowest BCUT2D eigenvalue weighted by molar-refractivity contribution is 0.0985. The first-order valence-electron chi connectivity index (χ1n) is 10.8. The van der Waals surface area contributed by atoms with Gasteiger partial charge in [0, 0.05) is 45.1 Å². The molecule has 1 aromatic heterocycles. The number of likely N-dealkylation sites (N-methyl/N-ethyl adjacent to an activating group) is 1. The van der Waals surface area contributed by atoms with Gasteiger partial charge in [0.2, 0.25) is 0 Å². The number of sulfone groups is 1. The van der Waals surface area contributed by atoms with Crippen molar-refractivity contribution in [1.29, 1.82) is 0 Å². The molecule has 1 saturated heterocycles. The van der Waals surface area contributed by atoms with Gasteiger partial charge in [-0.15, -0.1) is 0 Å². The van der Waals surface area contributed by atoms with Crippen LogP contribution in [0.5, 0.6) is 0 Å². The second-order valence-corrected chi connectivity index (χ2v) is 10.4. The van der Waals surface area contributed by atoms with E-state index in [4.69, 9.17) is 9.47 Å². The third-order valence-corrected chi connectivity index (χ3v) is 6.10. The average molecular weight is 496 g/mol. The second-order valence-electron chi connectivity index (χ2n) is 8.27. The Morgan fingerprint density at radius 3 is 2.76 bits per heavy atom. The topological polar surface area (TPSA) is 114 Å². The van der Waals surface area contributed by atoms with E-state index >= 15 is 0 Å². The molecule has 10 nitrogen and oxygen atoms in total. The largest absolute Gasteiger partial charge is 0.383 e. The molecule has 0 bridgehead atoms. The molecule has 2 heterocycles. The van der Waals surface area contributed by atoms with Crippen LogP contribution in [0.4, 0.5) is 20.7 Å². The van der Waals surface area contributed by atoms with Gasteiger partial charge >= 0.3 is 6.03 Å². The van der Waals surface area contributed by atoms with Gasteiger partial charge in [-0.05, 0) is 25.1 Å². The third-order valence-electron chi connectivity index (χ3n) is 5.28. The quantitative estimate of drug-likeness (QED) is 0.593. The predicted octanol–water partition coefficient (Wildman–Crippen LogP) is 2.16. The molecule has 0 unspecified atom stereocenters. The van der Waals surface area contributed by atoms with Crippen LogP contribution in [-0.4, -0.2) is 88.7 Å². The third kappa shape index (κ3) is 6.84. The maximum absolute atomic E-state index is 14.9. The van der Waals surface area contributed by atoms with Crippen molar-refractivity contribution in [1.82, 2.24) is 14.9 Å². The molecule has 1 fully saturated rings. The van der Waals surface area contributed by atoms with Crippen LogP contribution in [0.1, 0.15) is 12.6 Å². The van der Waals surface area contributed by atoms with E-state index in [9.17, 15) is 17.6 Å². The van der Waals surface area contributed by atoms with Gasteiger partial charge in [0.25, 0.3) is 0 Å². The van der Waals surface area contributed by atoms with Gasteiger partial charge in [0.05, 0.1) is 43.0 Å². The van der Waals surface area contributed by atoms with Crippen LogP contribution >= 0.6 is 0 Å². The standard InChI is InChI=1S/C22H30FN5O5S/c1-15-13-33-10-8-28(15)20-12-17(14-34(4,30)31)24-21(26-20)16-5-6-19(18(23)11-16)25-22(29)27(2)7-9-32-3/h5-6,11-12,15H,7-10,13-14H2,1-4H3,(H,25,29)/t15-/m0/s1. The molecule has 12 heteroatoms. The first-order valence-corrected chi connectivity index (χ1v) is 12.8. The number of carbonyl (C=O) groups is 1. The Balaban J connectivity index is 1.91. The highest BCUT2D eigenvalue weighted by molar-refractivity contribution is 7.89. The van der Waals surface area contributed by atoms with Crippen LogP contribution in [0.25, 0.3) is 11.4 Å². The first kappa shape index (κ1) is 25.8. The Bertz CT molecular complexity index is 1130. The number of nitrogens with one attached hydrogen (secondary N) is 1. The zero-order chi connectivity index (χ0) is 24.9. The lowest BCUT2D eigenvalue weighted by Crippen LogP contribution is -2.44. The number of rotatable bonds is 8. The first-order chi connectivity index (χ1) is 16.1. The second kappa shape index (κ2) is 11.1. The molecule has 1 aromatic carbocycles. The normalized spacial score (nSPS) is 16.4. The van der Waals surface area contributed by atoms with Crippen molar-refractivity contribution in [3.05, 3.63) is 35.8 Å². The summed E-state index contributed by atoms with van der Waals surface area (Å²) in [5.74, 6) is -0.177. The van der Waals surface area contributed by atoms with Crippen LogP contribution in [0.3, 0.4) is 0 Å². The summed E-state index contributed by atoms with van der Waals surface area (Å²) in [4.78, 5) is 24.6. The number of aromatic nitrogens is 2. The minimum absolute atomic E-state index is 0.00679. The van der Waals surface area contributed by atoms with E-state index in [0.717, 1.165) is 6.26 Å². The van der Waals surface area contributed by atoms with Crippen molar-refractivity contribution >= 4 is 27.4 Å². The molecular formula is C22H30FN5O5S. The minimum atomic E-state index is -3.35. The van der Waals surface area contributed by atoms with Crippen molar-refractivity contribution in [2.45, 2.75) is 18.7 Å². The summed E-state index contributed by atoms with van der Waals surface area (Å²) < 4.78 is 49.1. The van der Waals surface area contributed by atoms with E-state index in [0.29, 0.717) is 50.0 Å². The lowest BCUT2D eigenvalue weighted by Gasteiger charge is -2.34. The summed E-state index contributed by atoms with van der Waals surface area (Å²) >= 11 is 0. The zero-order valence-electron chi connectivity index (χ0n) is 19.7. The van der Waals surface area contributed by atoms with Crippen LogP contribution in [-0.2, 0) is 25.1 Å². The molecular weight excluding hydrogens is 465 g/mol. The molecule has 1 N–H and O–H groups in total. The van der Waals surface area contributed by atoms with Gasteiger partial charge in [0.1, 0.15) is 11.6 Å². The Hall–Kier alpha value is -2.83. The van der Waals surface area contributed by atoms with E-state index < -0.39 is 21.7 Å².